The Kier molecular flexibility index (Phi) is 4.10. The summed E-state index contributed by atoms with van der Waals surface area (Å²) in [6.45, 7) is 3.84. The van der Waals surface area contributed by atoms with Gasteiger partial charge in [-0.25, -0.2) is 0 Å². The maximum Gasteiger partial charge on any atom is 0.250 e. The minimum Gasteiger partial charge on any atom is -0.372 e. The Morgan fingerprint density at radius 3 is 2.81 bits per heavy atom. The van der Waals surface area contributed by atoms with Crippen molar-refractivity contribution in [3.63, 3.8) is 0 Å². The van der Waals surface area contributed by atoms with Gasteiger partial charge in [0.2, 0.25) is 0 Å². The van der Waals surface area contributed by atoms with E-state index in [1.165, 1.54) is 5.56 Å². The molecule has 0 aromatic heterocycles. The van der Waals surface area contributed by atoms with E-state index in [-0.39, 0.29) is 5.91 Å². The van der Waals surface area contributed by atoms with Gasteiger partial charge < -0.3 is 15.1 Å². The second kappa shape index (κ2) is 6.57. The van der Waals surface area contributed by atoms with Crippen LogP contribution in [-0.2, 0) is 11.3 Å². The molecule has 1 amide bonds. The molecule has 0 spiro atoms. The third-order valence-electron chi connectivity index (χ3n) is 4.93. The van der Waals surface area contributed by atoms with Crippen LogP contribution in [0.1, 0.15) is 28.3 Å². The van der Waals surface area contributed by atoms with Crippen molar-refractivity contribution in [3.8, 4) is 6.07 Å². The fourth-order valence-corrected chi connectivity index (χ4v) is 3.57. The SMILES string of the molecule is Cc1ccc(CN2CC3=CNCN3C(c3cccc(C#N)c3)C2=O)cc1. The predicted octanol–water partition coefficient (Wildman–Crippen LogP) is 2.65. The van der Waals surface area contributed by atoms with Gasteiger partial charge >= 0.3 is 0 Å². The number of carbonyl (C=O) groups is 1. The third kappa shape index (κ3) is 2.91. The second-order valence-electron chi connectivity index (χ2n) is 6.79. The van der Waals surface area contributed by atoms with Crippen LogP contribution in [0.4, 0.5) is 0 Å². The predicted molar refractivity (Wildman–Crippen MR) is 98.4 cm³/mol. The topological polar surface area (TPSA) is 59.4 Å². The lowest BCUT2D eigenvalue weighted by Gasteiger charge is -2.41. The summed E-state index contributed by atoms with van der Waals surface area (Å²) in [6.07, 6.45) is 1.98. The van der Waals surface area contributed by atoms with Crippen LogP contribution in [0.25, 0.3) is 0 Å². The largest absolute Gasteiger partial charge is 0.372 e. The number of nitriles is 1. The van der Waals surface area contributed by atoms with E-state index in [9.17, 15) is 10.1 Å². The molecule has 130 valence electrons. The van der Waals surface area contributed by atoms with Crippen molar-refractivity contribution in [2.24, 2.45) is 0 Å². The summed E-state index contributed by atoms with van der Waals surface area (Å²) in [5, 5.41) is 12.4. The number of benzene rings is 2. The molecule has 4 rings (SSSR count). The molecule has 5 heteroatoms. The normalized spacial score (nSPS) is 18.8. The van der Waals surface area contributed by atoms with Gasteiger partial charge in [-0.1, -0.05) is 42.0 Å². The highest BCUT2D eigenvalue weighted by atomic mass is 16.2. The number of hydrogen-bond donors (Lipinski definition) is 1. The van der Waals surface area contributed by atoms with Gasteiger partial charge in [0.15, 0.2) is 0 Å². The molecule has 0 aliphatic carbocycles. The summed E-state index contributed by atoms with van der Waals surface area (Å²) in [4.78, 5) is 17.3. The van der Waals surface area contributed by atoms with Crippen LogP contribution in [0.5, 0.6) is 0 Å². The summed E-state index contributed by atoms with van der Waals surface area (Å²) >= 11 is 0. The van der Waals surface area contributed by atoms with Crippen LogP contribution in [0.2, 0.25) is 0 Å². The highest BCUT2D eigenvalue weighted by Gasteiger charge is 2.39. The molecular weight excluding hydrogens is 324 g/mol. The zero-order chi connectivity index (χ0) is 18.1. The highest BCUT2D eigenvalue weighted by Crippen LogP contribution is 2.33. The first-order valence-corrected chi connectivity index (χ1v) is 8.69. The van der Waals surface area contributed by atoms with E-state index in [1.807, 2.05) is 29.3 Å². The Labute approximate surface area is 153 Å². The smallest absolute Gasteiger partial charge is 0.250 e. The minimum absolute atomic E-state index is 0.0708. The number of aryl methyl sites for hydroxylation is 1. The first-order valence-electron chi connectivity index (χ1n) is 8.69. The number of piperazine rings is 1. The summed E-state index contributed by atoms with van der Waals surface area (Å²) < 4.78 is 0. The van der Waals surface area contributed by atoms with E-state index in [2.05, 4.69) is 47.5 Å². The lowest BCUT2D eigenvalue weighted by molar-refractivity contribution is -0.140. The van der Waals surface area contributed by atoms with Gasteiger partial charge in [-0.05, 0) is 30.2 Å². The van der Waals surface area contributed by atoms with E-state index in [4.69, 9.17) is 0 Å². The zero-order valence-corrected chi connectivity index (χ0v) is 14.6. The first-order chi connectivity index (χ1) is 12.7. The highest BCUT2D eigenvalue weighted by molar-refractivity contribution is 5.85. The Bertz CT molecular complexity index is 910. The zero-order valence-electron chi connectivity index (χ0n) is 14.6. The lowest BCUT2D eigenvalue weighted by Crippen LogP contribution is -2.49. The number of fused-ring (bicyclic) bond motifs is 1. The number of carbonyl (C=O) groups excluding carboxylic acids is 1. The molecule has 5 nitrogen and oxygen atoms in total. The monoisotopic (exact) mass is 344 g/mol. The molecule has 2 heterocycles. The standard InChI is InChI=1S/C21H20N4O/c1-15-5-7-16(8-6-15)12-24-13-19-11-23-14-25(19)20(21(24)26)18-4-2-3-17(9-18)10-22/h2-9,11,20,23H,12-14H2,1H3. The van der Waals surface area contributed by atoms with E-state index >= 15 is 0 Å². The number of rotatable bonds is 3. The Balaban J connectivity index is 1.66. The molecule has 1 unspecified atom stereocenters. The van der Waals surface area contributed by atoms with E-state index in [1.54, 1.807) is 6.07 Å². The summed E-state index contributed by atoms with van der Waals surface area (Å²) in [6, 6.07) is 17.4. The molecule has 2 aromatic carbocycles. The number of nitrogens with zero attached hydrogens (tertiary/aromatic N) is 3. The van der Waals surface area contributed by atoms with Crippen molar-refractivity contribution in [1.82, 2.24) is 15.1 Å². The lowest BCUT2D eigenvalue weighted by atomic mass is 9.98. The van der Waals surface area contributed by atoms with E-state index in [0.717, 1.165) is 16.8 Å². The maximum atomic E-state index is 13.3. The molecule has 1 saturated heterocycles. The Morgan fingerprint density at radius 2 is 2.04 bits per heavy atom. The van der Waals surface area contributed by atoms with Gasteiger partial charge in [0.25, 0.3) is 5.91 Å². The van der Waals surface area contributed by atoms with Crippen molar-refractivity contribution in [3.05, 3.63) is 82.7 Å². The second-order valence-corrected chi connectivity index (χ2v) is 6.79. The average Bonchev–Trinajstić information content (AvgIpc) is 3.12. The number of amides is 1. The van der Waals surface area contributed by atoms with E-state index in [0.29, 0.717) is 25.3 Å². The first kappa shape index (κ1) is 16.2. The number of nitrogens with one attached hydrogen (secondary N) is 1. The van der Waals surface area contributed by atoms with Gasteiger partial charge in [-0.3, -0.25) is 4.79 Å². The average molecular weight is 344 g/mol. The molecule has 0 saturated carbocycles. The molecule has 2 aliphatic rings. The summed E-state index contributed by atoms with van der Waals surface area (Å²) in [5.41, 5.74) is 4.86. The minimum atomic E-state index is -0.399. The molecule has 2 aliphatic heterocycles. The Hall–Kier alpha value is -3.26. The quantitative estimate of drug-likeness (QED) is 0.930. The van der Waals surface area contributed by atoms with Gasteiger partial charge in [-0.15, -0.1) is 0 Å². The van der Waals surface area contributed by atoms with Gasteiger partial charge in [0, 0.05) is 12.7 Å². The molecule has 1 atom stereocenters. The van der Waals surface area contributed by atoms with Crippen LogP contribution >= 0.6 is 0 Å². The molecule has 26 heavy (non-hydrogen) atoms. The van der Waals surface area contributed by atoms with Crippen LogP contribution in [0.15, 0.2) is 60.4 Å². The van der Waals surface area contributed by atoms with Crippen molar-refractivity contribution in [1.29, 1.82) is 5.26 Å². The van der Waals surface area contributed by atoms with Crippen molar-refractivity contribution in [2.75, 3.05) is 13.2 Å². The molecule has 0 bridgehead atoms. The molecule has 2 aromatic rings. The Morgan fingerprint density at radius 1 is 1.23 bits per heavy atom. The molecule has 0 radical (unpaired) electrons. The summed E-state index contributed by atoms with van der Waals surface area (Å²) in [7, 11) is 0. The number of hydrogen-bond acceptors (Lipinski definition) is 4. The fourth-order valence-electron chi connectivity index (χ4n) is 3.57. The molecule has 1 fully saturated rings. The fraction of sp³-hybridized carbons (Fsp3) is 0.238. The van der Waals surface area contributed by atoms with Crippen LogP contribution in [-0.4, -0.2) is 28.9 Å². The van der Waals surface area contributed by atoms with Crippen LogP contribution in [0.3, 0.4) is 0 Å². The van der Waals surface area contributed by atoms with Crippen LogP contribution < -0.4 is 5.32 Å². The van der Waals surface area contributed by atoms with Crippen molar-refractivity contribution < 1.29 is 4.79 Å². The van der Waals surface area contributed by atoms with Crippen molar-refractivity contribution in [2.45, 2.75) is 19.5 Å². The van der Waals surface area contributed by atoms with Gasteiger partial charge in [0.1, 0.15) is 6.04 Å². The van der Waals surface area contributed by atoms with Gasteiger partial charge in [-0.2, -0.15) is 5.26 Å². The summed E-state index contributed by atoms with van der Waals surface area (Å²) in [5.74, 6) is 0.0708. The molecule has 1 N–H and O–H groups in total. The van der Waals surface area contributed by atoms with E-state index < -0.39 is 6.04 Å². The molecular formula is C21H20N4O. The third-order valence-corrected chi connectivity index (χ3v) is 4.93. The maximum absolute atomic E-state index is 13.3. The van der Waals surface area contributed by atoms with Gasteiger partial charge in [0.05, 0.1) is 30.5 Å². The van der Waals surface area contributed by atoms with Crippen LogP contribution in [0, 0.1) is 18.3 Å². The van der Waals surface area contributed by atoms with Crippen molar-refractivity contribution >= 4 is 5.91 Å².